The van der Waals surface area contributed by atoms with E-state index in [9.17, 15) is 4.79 Å². The van der Waals surface area contributed by atoms with E-state index in [-0.39, 0.29) is 12.2 Å². The van der Waals surface area contributed by atoms with Gasteiger partial charge in [0.05, 0.1) is 17.5 Å². The van der Waals surface area contributed by atoms with E-state index in [4.69, 9.17) is 11.6 Å². The van der Waals surface area contributed by atoms with Gasteiger partial charge in [-0.15, -0.1) is 0 Å². The van der Waals surface area contributed by atoms with Crippen molar-refractivity contribution in [2.45, 2.75) is 13.3 Å². The Kier molecular flexibility index (Phi) is 3.52. The van der Waals surface area contributed by atoms with Gasteiger partial charge in [0, 0.05) is 17.6 Å². The molecule has 1 heterocycles. The molecule has 3 nitrogen and oxygen atoms in total. The summed E-state index contributed by atoms with van der Waals surface area (Å²) in [6.07, 6.45) is 0.270. The molecule has 3 aromatic rings. The zero-order valence-corrected chi connectivity index (χ0v) is 12.7. The zero-order valence-electron chi connectivity index (χ0n) is 11.9. The van der Waals surface area contributed by atoms with Crippen molar-refractivity contribution in [2.24, 2.45) is 7.05 Å². The lowest BCUT2D eigenvalue weighted by Crippen LogP contribution is -2.10. The van der Waals surface area contributed by atoms with Crippen molar-refractivity contribution in [1.29, 1.82) is 0 Å². The van der Waals surface area contributed by atoms with Crippen molar-refractivity contribution in [2.75, 3.05) is 0 Å². The third-order valence-electron chi connectivity index (χ3n) is 3.77. The van der Waals surface area contributed by atoms with Crippen LogP contribution in [0, 0.1) is 6.92 Å². The number of carbonyl (C=O) groups excluding carboxylic acids is 1. The number of hydrogen-bond donors (Lipinski definition) is 0. The van der Waals surface area contributed by atoms with Gasteiger partial charge in [-0.1, -0.05) is 35.9 Å². The minimum absolute atomic E-state index is 0.0356. The highest BCUT2D eigenvalue weighted by Crippen LogP contribution is 2.21. The normalized spacial score (nSPS) is 11.0. The number of nitrogens with zero attached hydrogens (tertiary/aromatic N) is 2. The molecule has 0 aliphatic carbocycles. The number of para-hydroxylation sites is 2. The van der Waals surface area contributed by atoms with Crippen LogP contribution in [0.1, 0.15) is 21.7 Å². The minimum Gasteiger partial charge on any atom is -0.331 e. The largest absolute Gasteiger partial charge is 0.331 e. The number of rotatable bonds is 3. The standard InChI is InChI=1S/C17H15ClN2O/c1-11-12(6-5-7-13(11)18)16(21)10-17-19-14-8-3-4-9-15(14)20(17)2/h3-9H,10H2,1-2H3. The van der Waals surface area contributed by atoms with Crippen molar-refractivity contribution in [1.82, 2.24) is 9.55 Å². The topological polar surface area (TPSA) is 34.9 Å². The van der Waals surface area contributed by atoms with E-state index >= 15 is 0 Å². The Bertz CT molecular complexity index is 836. The zero-order chi connectivity index (χ0) is 15.0. The molecule has 0 N–H and O–H groups in total. The molecule has 1 aromatic heterocycles. The predicted molar refractivity (Wildman–Crippen MR) is 84.9 cm³/mol. The number of imidazole rings is 1. The van der Waals surface area contributed by atoms with Gasteiger partial charge in [0.2, 0.25) is 0 Å². The fourth-order valence-corrected chi connectivity index (χ4v) is 2.68. The lowest BCUT2D eigenvalue weighted by molar-refractivity contribution is 0.0989. The fraction of sp³-hybridized carbons (Fsp3) is 0.176. The van der Waals surface area contributed by atoms with E-state index in [2.05, 4.69) is 4.98 Å². The Balaban J connectivity index is 1.97. The molecule has 0 saturated heterocycles. The minimum atomic E-state index is 0.0356. The maximum atomic E-state index is 12.5. The Morgan fingerprint density at radius 1 is 1.19 bits per heavy atom. The third-order valence-corrected chi connectivity index (χ3v) is 4.18. The second kappa shape index (κ2) is 5.34. The molecule has 2 aromatic carbocycles. The summed E-state index contributed by atoms with van der Waals surface area (Å²) in [6, 6.07) is 13.3. The highest BCUT2D eigenvalue weighted by Gasteiger charge is 2.15. The number of carbonyl (C=O) groups is 1. The SMILES string of the molecule is Cc1c(Cl)cccc1C(=O)Cc1nc2ccccc2n1C. The summed E-state index contributed by atoms with van der Waals surface area (Å²) in [6.45, 7) is 1.87. The Labute approximate surface area is 128 Å². The van der Waals surface area contributed by atoms with Crippen LogP contribution in [-0.2, 0) is 13.5 Å². The predicted octanol–water partition coefficient (Wildman–Crippen LogP) is 3.96. The van der Waals surface area contributed by atoms with Gasteiger partial charge in [0.1, 0.15) is 5.82 Å². The quantitative estimate of drug-likeness (QED) is 0.686. The van der Waals surface area contributed by atoms with Crippen LogP contribution in [0.5, 0.6) is 0 Å². The van der Waals surface area contributed by atoms with E-state index in [1.807, 2.05) is 48.9 Å². The Hall–Kier alpha value is -2.13. The Morgan fingerprint density at radius 2 is 1.95 bits per heavy atom. The molecule has 0 radical (unpaired) electrons. The summed E-state index contributed by atoms with van der Waals surface area (Å²) in [5.74, 6) is 0.800. The summed E-state index contributed by atoms with van der Waals surface area (Å²) < 4.78 is 1.97. The lowest BCUT2D eigenvalue weighted by Gasteiger charge is -2.06. The van der Waals surface area contributed by atoms with Crippen LogP contribution in [0.25, 0.3) is 11.0 Å². The van der Waals surface area contributed by atoms with Crippen molar-refractivity contribution in [3.63, 3.8) is 0 Å². The van der Waals surface area contributed by atoms with E-state index in [0.717, 1.165) is 22.4 Å². The lowest BCUT2D eigenvalue weighted by atomic mass is 10.0. The third kappa shape index (κ3) is 2.45. The van der Waals surface area contributed by atoms with Gasteiger partial charge in [-0.3, -0.25) is 4.79 Å². The molecule has 0 unspecified atom stereocenters. The molecule has 0 amide bonds. The van der Waals surface area contributed by atoms with Crippen molar-refractivity contribution >= 4 is 28.4 Å². The van der Waals surface area contributed by atoms with Crippen LogP contribution in [0.2, 0.25) is 5.02 Å². The molecule has 0 bridgehead atoms. The summed E-state index contributed by atoms with van der Waals surface area (Å²) in [7, 11) is 1.93. The number of fused-ring (bicyclic) bond motifs is 1. The number of halogens is 1. The smallest absolute Gasteiger partial charge is 0.170 e. The highest BCUT2D eigenvalue weighted by atomic mass is 35.5. The molecule has 4 heteroatoms. The van der Waals surface area contributed by atoms with Crippen LogP contribution in [0.15, 0.2) is 42.5 Å². The number of ketones is 1. The van der Waals surface area contributed by atoms with Crippen molar-refractivity contribution in [3.8, 4) is 0 Å². The van der Waals surface area contributed by atoms with E-state index in [0.29, 0.717) is 10.6 Å². The second-order valence-electron chi connectivity index (χ2n) is 5.09. The molecule has 0 fully saturated rings. The van der Waals surface area contributed by atoms with E-state index in [1.165, 1.54) is 0 Å². The number of aromatic nitrogens is 2. The molecule has 0 aliphatic heterocycles. The van der Waals surface area contributed by atoms with Crippen molar-refractivity contribution < 1.29 is 4.79 Å². The maximum Gasteiger partial charge on any atom is 0.170 e. The summed E-state index contributed by atoms with van der Waals surface area (Å²) in [5, 5.41) is 0.617. The monoisotopic (exact) mass is 298 g/mol. The van der Waals surface area contributed by atoms with Gasteiger partial charge < -0.3 is 4.57 Å². The second-order valence-corrected chi connectivity index (χ2v) is 5.50. The van der Waals surface area contributed by atoms with Crippen LogP contribution < -0.4 is 0 Å². The molecular weight excluding hydrogens is 284 g/mol. The molecule has 0 atom stereocenters. The van der Waals surface area contributed by atoms with E-state index in [1.54, 1.807) is 12.1 Å². The van der Waals surface area contributed by atoms with E-state index < -0.39 is 0 Å². The van der Waals surface area contributed by atoms with Gasteiger partial charge in [0.15, 0.2) is 5.78 Å². The Morgan fingerprint density at radius 3 is 2.71 bits per heavy atom. The number of hydrogen-bond acceptors (Lipinski definition) is 2. The highest BCUT2D eigenvalue weighted by molar-refractivity contribution is 6.31. The van der Waals surface area contributed by atoms with Crippen molar-refractivity contribution in [3.05, 3.63) is 64.4 Å². The summed E-state index contributed by atoms with van der Waals surface area (Å²) in [5.41, 5.74) is 3.42. The summed E-state index contributed by atoms with van der Waals surface area (Å²) in [4.78, 5) is 17.0. The number of Topliss-reactive ketones (excluding diaryl/α,β-unsaturated/α-hetero) is 1. The van der Waals surface area contributed by atoms with Crippen LogP contribution in [0.4, 0.5) is 0 Å². The molecule has 106 valence electrons. The maximum absolute atomic E-state index is 12.5. The number of benzene rings is 2. The first-order valence-electron chi connectivity index (χ1n) is 6.76. The van der Waals surface area contributed by atoms with Gasteiger partial charge in [-0.05, 0) is 30.7 Å². The van der Waals surface area contributed by atoms with Gasteiger partial charge in [0.25, 0.3) is 0 Å². The average molecular weight is 299 g/mol. The molecule has 3 rings (SSSR count). The first-order chi connectivity index (χ1) is 10.1. The summed E-state index contributed by atoms with van der Waals surface area (Å²) >= 11 is 6.08. The van der Waals surface area contributed by atoms with Crippen LogP contribution in [0.3, 0.4) is 0 Å². The molecule has 0 saturated carbocycles. The average Bonchev–Trinajstić information content (AvgIpc) is 2.79. The molecule has 21 heavy (non-hydrogen) atoms. The first-order valence-corrected chi connectivity index (χ1v) is 7.14. The van der Waals surface area contributed by atoms with Crippen LogP contribution in [-0.4, -0.2) is 15.3 Å². The molecule has 0 aliphatic rings. The van der Waals surface area contributed by atoms with Gasteiger partial charge >= 0.3 is 0 Å². The first kappa shape index (κ1) is 13.8. The fourth-order valence-electron chi connectivity index (χ4n) is 2.50. The van der Waals surface area contributed by atoms with Gasteiger partial charge in [-0.2, -0.15) is 0 Å². The number of aryl methyl sites for hydroxylation is 1. The molecule has 0 spiro atoms. The molecular formula is C17H15ClN2O. The van der Waals surface area contributed by atoms with Crippen LogP contribution >= 0.6 is 11.6 Å². The van der Waals surface area contributed by atoms with Gasteiger partial charge in [-0.25, -0.2) is 4.98 Å².